The third-order valence-corrected chi connectivity index (χ3v) is 3.44. The van der Waals surface area contributed by atoms with Crippen LogP contribution in [0.3, 0.4) is 0 Å². The first kappa shape index (κ1) is 15.1. The molecule has 0 aliphatic rings. The number of anilines is 2. The van der Waals surface area contributed by atoms with Crippen molar-refractivity contribution in [2.24, 2.45) is 0 Å². The highest BCUT2D eigenvalue weighted by atomic mass is 16.5. The van der Waals surface area contributed by atoms with Crippen molar-refractivity contribution in [1.29, 1.82) is 0 Å². The van der Waals surface area contributed by atoms with Crippen LogP contribution in [0, 0.1) is 0 Å². The second-order valence-electron chi connectivity index (χ2n) is 4.90. The smallest absolute Gasteiger partial charge is 0.227 e. The number of benzene rings is 1. The van der Waals surface area contributed by atoms with E-state index in [0.717, 1.165) is 23.7 Å². The molecule has 0 saturated heterocycles. The van der Waals surface area contributed by atoms with Crippen LogP contribution in [0.2, 0.25) is 0 Å². The quantitative estimate of drug-likeness (QED) is 0.816. The fourth-order valence-corrected chi connectivity index (χ4v) is 2.06. The zero-order valence-electron chi connectivity index (χ0n) is 13.1. The Bertz CT molecular complexity index is 588. The summed E-state index contributed by atoms with van der Waals surface area (Å²) in [5.74, 6) is 2.51. The number of hydrogen-bond acceptors (Lipinski definition) is 5. The van der Waals surface area contributed by atoms with Crippen LogP contribution in [-0.4, -0.2) is 37.7 Å². The molecule has 0 radical (unpaired) electrons. The van der Waals surface area contributed by atoms with Crippen LogP contribution >= 0.6 is 0 Å². The minimum atomic E-state index is 0.698. The molecule has 0 spiro atoms. The molecule has 0 atom stereocenters. The molecule has 0 N–H and O–H groups in total. The summed E-state index contributed by atoms with van der Waals surface area (Å²) in [6.45, 7) is 3.70. The summed E-state index contributed by atoms with van der Waals surface area (Å²) in [6.07, 6.45) is 1.79. The maximum Gasteiger partial charge on any atom is 0.227 e. The van der Waals surface area contributed by atoms with Gasteiger partial charge in [-0.15, -0.1) is 0 Å². The highest BCUT2D eigenvalue weighted by Crippen LogP contribution is 2.21. The van der Waals surface area contributed by atoms with Gasteiger partial charge in [0.25, 0.3) is 0 Å². The van der Waals surface area contributed by atoms with E-state index in [4.69, 9.17) is 4.74 Å². The zero-order valence-corrected chi connectivity index (χ0v) is 13.1. The largest absolute Gasteiger partial charge is 0.496 e. The van der Waals surface area contributed by atoms with E-state index in [-0.39, 0.29) is 0 Å². The van der Waals surface area contributed by atoms with Crippen molar-refractivity contribution in [3.63, 3.8) is 0 Å². The van der Waals surface area contributed by atoms with E-state index in [0.29, 0.717) is 12.5 Å². The highest BCUT2D eigenvalue weighted by Gasteiger charge is 2.10. The lowest BCUT2D eigenvalue weighted by Gasteiger charge is -2.21. The van der Waals surface area contributed by atoms with Gasteiger partial charge < -0.3 is 14.5 Å². The molecule has 0 aliphatic carbocycles. The van der Waals surface area contributed by atoms with Gasteiger partial charge in [-0.1, -0.05) is 18.2 Å². The van der Waals surface area contributed by atoms with E-state index in [1.54, 1.807) is 13.3 Å². The van der Waals surface area contributed by atoms with Crippen LogP contribution in [-0.2, 0) is 6.54 Å². The van der Waals surface area contributed by atoms with Gasteiger partial charge in [0.2, 0.25) is 5.95 Å². The Morgan fingerprint density at radius 1 is 1.10 bits per heavy atom. The highest BCUT2D eigenvalue weighted by molar-refractivity contribution is 5.44. The summed E-state index contributed by atoms with van der Waals surface area (Å²) in [6, 6.07) is 9.91. The van der Waals surface area contributed by atoms with Crippen LogP contribution in [0.25, 0.3) is 0 Å². The molecule has 0 aliphatic heterocycles. The Morgan fingerprint density at radius 2 is 1.86 bits per heavy atom. The van der Waals surface area contributed by atoms with Crippen LogP contribution in [0.4, 0.5) is 11.8 Å². The van der Waals surface area contributed by atoms with Crippen LogP contribution in [0.15, 0.2) is 36.5 Å². The number of rotatable bonds is 6. The molecule has 0 bridgehead atoms. The third kappa shape index (κ3) is 3.62. The first-order valence-corrected chi connectivity index (χ1v) is 7.03. The topological polar surface area (TPSA) is 41.5 Å². The average molecular weight is 286 g/mol. The van der Waals surface area contributed by atoms with E-state index in [2.05, 4.69) is 27.9 Å². The molecule has 2 rings (SSSR count). The number of hydrogen-bond donors (Lipinski definition) is 0. The van der Waals surface area contributed by atoms with Gasteiger partial charge in [0.05, 0.1) is 7.11 Å². The molecule has 0 unspecified atom stereocenters. The van der Waals surface area contributed by atoms with Crippen molar-refractivity contribution in [3.05, 3.63) is 42.1 Å². The fourth-order valence-electron chi connectivity index (χ4n) is 2.06. The van der Waals surface area contributed by atoms with Gasteiger partial charge in [0.1, 0.15) is 11.6 Å². The molecule has 1 aromatic carbocycles. The van der Waals surface area contributed by atoms with Crippen molar-refractivity contribution in [1.82, 2.24) is 9.97 Å². The number of nitrogens with zero attached hydrogens (tertiary/aromatic N) is 4. The number of aromatic nitrogens is 2. The molecule has 0 amide bonds. The monoisotopic (exact) mass is 286 g/mol. The Labute approximate surface area is 126 Å². The molecule has 2 aromatic rings. The average Bonchev–Trinajstić information content (AvgIpc) is 2.54. The van der Waals surface area contributed by atoms with E-state index in [1.165, 1.54) is 0 Å². The summed E-state index contributed by atoms with van der Waals surface area (Å²) < 4.78 is 5.39. The van der Waals surface area contributed by atoms with Crippen molar-refractivity contribution in [3.8, 4) is 5.75 Å². The first-order chi connectivity index (χ1) is 10.2. The normalized spacial score (nSPS) is 10.3. The first-order valence-electron chi connectivity index (χ1n) is 7.03. The van der Waals surface area contributed by atoms with Crippen molar-refractivity contribution < 1.29 is 4.74 Å². The van der Waals surface area contributed by atoms with Crippen molar-refractivity contribution in [2.75, 3.05) is 37.5 Å². The molecule has 0 saturated carbocycles. The minimum Gasteiger partial charge on any atom is -0.496 e. The molecule has 0 fully saturated rings. The van der Waals surface area contributed by atoms with E-state index in [1.807, 2.05) is 43.3 Å². The van der Waals surface area contributed by atoms with E-state index >= 15 is 0 Å². The molecular weight excluding hydrogens is 264 g/mol. The van der Waals surface area contributed by atoms with Gasteiger partial charge in [-0.3, -0.25) is 0 Å². The Kier molecular flexibility index (Phi) is 4.98. The van der Waals surface area contributed by atoms with E-state index < -0.39 is 0 Å². The zero-order chi connectivity index (χ0) is 15.2. The molecule has 1 aromatic heterocycles. The Morgan fingerprint density at radius 3 is 2.57 bits per heavy atom. The lowest BCUT2D eigenvalue weighted by atomic mass is 10.2. The van der Waals surface area contributed by atoms with Gasteiger partial charge in [0, 0.05) is 38.9 Å². The van der Waals surface area contributed by atoms with Gasteiger partial charge >= 0.3 is 0 Å². The van der Waals surface area contributed by atoms with Crippen molar-refractivity contribution in [2.45, 2.75) is 13.5 Å². The lowest BCUT2D eigenvalue weighted by molar-refractivity contribution is 0.409. The lowest BCUT2D eigenvalue weighted by Crippen LogP contribution is -2.22. The number of para-hydroxylation sites is 1. The molecule has 1 heterocycles. The third-order valence-electron chi connectivity index (χ3n) is 3.44. The predicted molar refractivity (Wildman–Crippen MR) is 86.1 cm³/mol. The molecule has 112 valence electrons. The summed E-state index contributed by atoms with van der Waals surface area (Å²) in [7, 11) is 5.69. The fraction of sp³-hybridized carbons (Fsp3) is 0.375. The second kappa shape index (κ2) is 6.92. The van der Waals surface area contributed by atoms with Crippen molar-refractivity contribution >= 4 is 11.8 Å². The van der Waals surface area contributed by atoms with Crippen LogP contribution in [0.5, 0.6) is 5.75 Å². The summed E-state index contributed by atoms with van der Waals surface area (Å²) in [4.78, 5) is 13.1. The molecule has 5 heteroatoms. The second-order valence-corrected chi connectivity index (χ2v) is 4.90. The van der Waals surface area contributed by atoms with E-state index in [9.17, 15) is 0 Å². The molecule has 21 heavy (non-hydrogen) atoms. The Balaban J connectivity index is 2.18. The van der Waals surface area contributed by atoms with Crippen LogP contribution in [0.1, 0.15) is 12.5 Å². The maximum atomic E-state index is 5.39. The molecular formula is C16H22N4O. The number of methoxy groups -OCH3 is 1. The predicted octanol–water partition coefficient (Wildman–Crippen LogP) is 2.58. The molecule has 5 nitrogen and oxygen atoms in total. The SMILES string of the molecule is CCN(C)c1ccnc(N(C)Cc2ccccc2OC)n1. The van der Waals surface area contributed by atoms with Gasteiger partial charge in [-0.25, -0.2) is 4.98 Å². The summed E-state index contributed by atoms with van der Waals surface area (Å²) in [5, 5.41) is 0. The standard InChI is InChI=1S/C16H22N4O/c1-5-19(2)15-10-11-17-16(18-15)20(3)12-13-8-6-7-9-14(13)21-4/h6-11H,5,12H2,1-4H3. The summed E-state index contributed by atoms with van der Waals surface area (Å²) in [5.41, 5.74) is 1.11. The number of ether oxygens (including phenoxy) is 1. The summed E-state index contributed by atoms with van der Waals surface area (Å²) >= 11 is 0. The van der Waals surface area contributed by atoms with Gasteiger partial charge in [-0.05, 0) is 19.1 Å². The minimum absolute atomic E-state index is 0.698. The Hall–Kier alpha value is -2.30. The van der Waals surface area contributed by atoms with Crippen LogP contribution < -0.4 is 14.5 Å². The van der Waals surface area contributed by atoms with Gasteiger partial charge in [-0.2, -0.15) is 4.98 Å². The maximum absolute atomic E-state index is 5.39. The van der Waals surface area contributed by atoms with Gasteiger partial charge in [0.15, 0.2) is 0 Å².